The van der Waals surface area contributed by atoms with Crippen LogP contribution >= 0.6 is 11.6 Å². The monoisotopic (exact) mass is 233 g/mol. The average molecular weight is 234 g/mol. The van der Waals surface area contributed by atoms with Crippen molar-refractivity contribution in [2.24, 2.45) is 0 Å². The fourth-order valence-electron chi connectivity index (χ4n) is 1.88. The second-order valence-corrected chi connectivity index (χ2v) is 4.32. The van der Waals surface area contributed by atoms with Gasteiger partial charge in [-0.05, 0) is 25.0 Å². The van der Waals surface area contributed by atoms with Gasteiger partial charge in [-0.2, -0.15) is 0 Å². The third-order valence-corrected chi connectivity index (χ3v) is 3.07. The van der Waals surface area contributed by atoms with Crippen molar-refractivity contribution in [3.05, 3.63) is 42.0 Å². The highest BCUT2D eigenvalue weighted by atomic mass is 35.5. The van der Waals surface area contributed by atoms with Crippen LogP contribution in [0, 0.1) is 0 Å². The SMILES string of the molecule is ClCc1nnc(C2CC2)n1-c1ccccc1. The Kier molecular flexibility index (Phi) is 2.40. The maximum absolute atomic E-state index is 5.90. The average Bonchev–Trinajstić information content (AvgIpc) is 3.09. The zero-order valence-electron chi connectivity index (χ0n) is 8.81. The number of nitrogens with zero attached hydrogens (tertiary/aromatic N) is 3. The van der Waals surface area contributed by atoms with Crippen molar-refractivity contribution in [2.45, 2.75) is 24.6 Å². The molecule has 1 aliphatic carbocycles. The smallest absolute Gasteiger partial charge is 0.152 e. The van der Waals surface area contributed by atoms with Crippen LogP contribution in [0.2, 0.25) is 0 Å². The minimum Gasteiger partial charge on any atom is -0.282 e. The fraction of sp³-hybridized carbons (Fsp3) is 0.333. The van der Waals surface area contributed by atoms with E-state index in [9.17, 15) is 0 Å². The summed E-state index contributed by atoms with van der Waals surface area (Å²) in [6, 6.07) is 10.2. The standard InChI is InChI=1S/C12H12ClN3/c13-8-11-14-15-12(9-6-7-9)16(11)10-4-2-1-3-5-10/h1-5,9H,6-8H2. The lowest BCUT2D eigenvalue weighted by Crippen LogP contribution is -2.03. The molecule has 0 amide bonds. The number of hydrogen-bond donors (Lipinski definition) is 0. The van der Waals surface area contributed by atoms with Crippen LogP contribution in [0.25, 0.3) is 5.69 Å². The van der Waals surface area contributed by atoms with Crippen LogP contribution in [-0.4, -0.2) is 14.8 Å². The molecule has 0 N–H and O–H groups in total. The van der Waals surface area contributed by atoms with Gasteiger partial charge in [0.15, 0.2) is 5.82 Å². The van der Waals surface area contributed by atoms with E-state index in [2.05, 4.69) is 26.9 Å². The summed E-state index contributed by atoms with van der Waals surface area (Å²) in [5, 5.41) is 8.41. The Morgan fingerprint density at radius 2 is 1.94 bits per heavy atom. The Morgan fingerprint density at radius 1 is 1.19 bits per heavy atom. The molecule has 82 valence electrons. The number of rotatable bonds is 3. The molecule has 0 unspecified atom stereocenters. The molecular weight excluding hydrogens is 222 g/mol. The number of alkyl halides is 1. The molecule has 0 radical (unpaired) electrons. The fourth-order valence-corrected chi connectivity index (χ4v) is 2.05. The summed E-state index contributed by atoms with van der Waals surface area (Å²) in [7, 11) is 0. The molecule has 16 heavy (non-hydrogen) atoms. The van der Waals surface area contributed by atoms with Gasteiger partial charge in [-0.3, -0.25) is 4.57 Å². The molecule has 1 aliphatic rings. The molecule has 4 heteroatoms. The number of benzene rings is 1. The summed E-state index contributed by atoms with van der Waals surface area (Å²) in [4.78, 5) is 0. The third kappa shape index (κ3) is 1.61. The van der Waals surface area contributed by atoms with Crippen molar-refractivity contribution in [1.29, 1.82) is 0 Å². The highest BCUT2D eigenvalue weighted by Crippen LogP contribution is 2.40. The maximum Gasteiger partial charge on any atom is 0.152 e. The Balaban J connectivity index is 2.13. The predicted octanol–water partition coefficient (Wildman–Crippen LogP) is 2.88. The zero-order chi connectivity index (χ0) is 11.0. The first kappa shape index (κ1) is 9.85. The maximum atomic E-state index is 5.90. The van der Waals surface area contributed by atoms with Gasteiger partial charge in [0, 0.05) is 11.6 Å². The van der Waals surface area contributed by atoms with Crippen LogP contribution in [0.15, 0.2) is 30.3 Å². The molecule has 1 heterocycles. The van der Waals surface area contributed by atoms with Gasteiger partial charge in [0.1, 0.15) is 5.82 Å². The molecule has 0 atom stereocenters. The molecule has 0 saturated heterocycles. The Morgan fingerprint density at radius 3 is 2.56 bits per heavy atom. The van der Waals surface area contributed by atoms with Crippen molar-refractivity contribution in [2.75, 3.05) is 0 Å². The van der Waals surface area contributed by atoms with E-state index in [1.54, 1.807) is 0 Å². The van der Waals surface area contributed by atoms with Crippen molar-refractivity contribution in [3.63, 3.8) is 0 Å². The molecule has 1 fully saturated rings. The normalized spacial score (nSPS) is 15.3. The minimum atomic E-state index is 0.397. The van der Waals surface area contributed by atoms with Crippen LogP contribution < -0.4 is 0 Å². The van der Waals surface area contributed by atoms with Gasteiger partial charge in [0.05, 0.1) is 5.88 Å². The van der Waals surface area contributed by atoms with E-state index >= 15 is 0 Å². The Labute approximate surface area is 99.1 Å². The van der Waals surface area contributed by atoms with Crippen molar-refractivity contribution in [1.82, 2.24) is 14.8 Å². The second-order valence-electron chi connectivity index (χ2n) is 4.05. The predicted molar refractivity (Wildman–Crippen MR) is 62.9 cm³/mol. The summed E-state index contributed by atoms with van der Waals surface area (Å²) in [6.07, 6.45) is 2.43. The first-order valence-electron chi connectivity index (χ1n) is 5.45. The van der Waals surface area contributed by atoms with E-state index < -0.39 is 0 Å². The van der Waals surface area contributed by atoms with Crippen LogP contribution in [-0.2, 0) is 5.88 Å². The summed E-state index contributed by atoms with van der Waals surface area (Å²) in [5.74, 6) is 2.86. The van der Waals surface area contributed by atoms with Gasteiger partial charge in [0.2, 0.25) is 0 Å². The lowest BCUT2D eigenvalue weighted by molar-refractivity contribution is 0.857. The first-order chi connectivity index (χ1) is 7.90. The van der Waals surface area contributed by atoms with E-state index in [0.717, 1.165) is 17.3 Å². The van der Waals surface area contributed by atoms with E-state index in [1.807, 2.05) is 18.2 Å². The molecule has 3 rings (SSSR count). The summed E-state index contributed by atoms with van der Waals surface area (Å²) < 4.78 is 2.09. The third-order valence-electron chi connectivity index (χ3n) is 2.83. The molecule has 0 bridgehead atoms. The molecule has 0 aliphatic heterocycles. The lowest BCUT2D eigenvalue weighted by atomic mass is 10.3. The molecular formula is C12H12ClN3. The highest BCUT2D eigenvalue weighted by Gasteiger charge is 2.30. The van der Waals surface area contributed by atoms with Crippen LogP contribution in [0.3, 0.4) is 0 Å². The van der Waals surface area contributed by atoms with Gasteiger partial charge in [-0.1, -0.05) is 18.2 Å². The lowest BCUT2D eigenvalue weighted by Gasteiger charge is -2.08. The molecule has 3 nitrogen and oxygen atoms in total. The second kappa shape index (κ2) is 3.91. The highest BCUT2D eigenvalue weighted by molar-refractivity contribution is 6.16. The summed E-state index contributed by atoms with van der Waals surface area (Å²) in [5.41, 5.74) is 1.10. The zero-order valence-corrected chi connectivity index (χ0v) is 9.56. The van der Waals surface area contributed by atoms with Crippen LogP contribution in [0.4, 0.5) is 0 Å². The van der Waals surface area contributed by atoms with E-state index in [-0.39, 0.29) is 0 Å². The van der Waals surface area contributed by atoms with Gasteiger partial charge >= 0.3 is 0 Å². The van der Waals surface area contributed by atoms with Gasteiger partial charge in [-0.25, -0.2) is 0 Å². The van der Waals surface area contributed by atoms with Gasteiger partial charge in [0.25, 0.3) is 0 Å². The Bertz CT molecular complexity index is 488. The largest absolute Gasteiger partial charge is 0.282 e. The minimum absolute atomic E-state index is 0.397. The van der Waals surface area contributed by atoms with Crippen molar-refractivity contribution >= 4 is 11.6 Å². The Hall–Kier alpha value is -1.35. The van der Waals surface area contributed by atoms with E-state index in [1.165, 1.54) is 12.8 Å². The quantitative estimate of drug-likeness (QED) is 0.764. The van der Waals surface area contributed by atoms with E-state index in [4.69, 9.17) is 11.6 Å². The number of para-hydroxylation sites is 1. The number of aromatic nitrogens is 3. The molecule has 1 aromatic carbocycles. The van der Waals surface area contributed by atoms with Crippen molar-refractivity contribution in [3.8, 4) is 5.69 Å². The first-order valence-corrected chi connectivity index (χ1v) is 5.99. The topological polar surface area (TPSA) is 30.7 Å². The van der Waals surface area contributed by atoms with Crippen LogP contribution in [0.5, 0.6) is 0 Å². The van der Waals surface area contributed by atoms with Gasteiger partial charge in [-0.15, -0.1) is 21.8 Å². The van der Waals surface area contributed by atoms with Crippen molar-refractivity contribution < 1.29 is 0 Å². The van der Waals surface area contributed by atoms with E-state index in [0.29, 0.717) is 11.8 Å². The molecule has 0 spiro atoms. The molecule has 2 aromatic rings. The number of hydrogen-bond acceptors (Lipinski definition) is 2. The molecule has 1 saturated carbocycles. The summed E-state index contributed by atoms with van der Waals surface area (Å²) >= 11 is 5.90. The summed E-state index contributed by atoms with van der Waals surface area (Å²) in [6.45, 7) is 0. The van der Waals surface area contributed by atoms with Gasteiger partial charge < -0.3 is 0 Å². The van der Waals surface area contributed by atoms with Crippen LogP contribution in [0.1, 0.15) is 30.4 Å². The number of halogens is 1. The molecule has 1 aromatic heterocycles.